The average molecular weight is 313 g/mol. The van der Waals surface area contributed by atoms with E-state index in [-0.39, 0.29) is 0 Å². The smallest absolute Gasteiger partial charge is 0.350 e. The molecule has 2 rings (SSSR count). The van der Waals surface area contributed by atoms with Gasteiger partial charge in [0, 0.05) is 13.1 Å². The van der Waals surface area contributed by atoms with Crippen molar-refractivity contribution >= 4 is 28.0 Å². The molecule has 0 aliphatic carbocycles. The lowest BCUT2D eigenvalue weighted by atomic mass is 10.1. The highest BCUT2D eigenvalue weighted by atomic mass is 32.1. The first-order valence-corrected chi connectivity index (χ1v) is 7.99. The van der Waals surface area contributed by atoms with Crippen LogP contribution in [-0.2, 0) is 4.74 Å². The number of methoxy groups -OCH3 is 2. The van der Waals surface area contributed by atoms with Crippen molar-refractivity contribution < 1.29 is 14.3 Å². The van der Waals surface area contributed by atoms with Crippen LogP contribution in [0.1, 0.15) is 28.9 Å². The summed E-state index contributed by atoms with van der Waals surface area (Å²) in [7, 11) is 2.90. The van der Waals surface area contributed by atoms with E-state index in [1.165, 1.54) is 50.8 Å². The van der Waals surface area contributed by atoms with Crippen LogP contribution >= 0.6 is 11.3 Å². The van der Waals surface area contributed by atoms with E-state index in [1.54, 1.807) is 7.11 Å². The number of piperidine rings is 1. The van der Waals surface area contributed by atoms with Gasteiger partial charge in [-0.1, -0.05) is 6.42 Å². The summed E-state index contributed by atoms with van der Waals surface area (Å²) in [6, 6.07) is 0. The van der Waals surface area contributed by atoms with Gasteiger partial charge in [-0.25, -0.2) is 4.79 Å². The number of hydrogen-bond acceptors (Lipinski definition) is 7. The molecule has 0 bridgehead atoms. The summed E-state index contributed by atoms with van der Waals surface area (Å²) in [6.07, 6.45) is 3.89. The number of thiophene rings is 1. The summed E-state index contributed by atoms with van der Waals surface area (Å²) in [4.78, 5) is 14.5. The monoisotopic (exact) mass is 313 g/mol. The molecule has 3 N–H and O–H groups in total. The number of carbonyl (C=O) groups is 1. The molecule has 1 aromatic heterocycles. The van der Waals surface area contributed by atoms with Crippen LogP contribution in [-0.4, -0.2) is 51.3 Å². The zero-order valence-electron chi connectivity index (χ0n) is 12.6. The molecule has 0 radical (unpaired) electrons. The van der Waals surface area contributed by atoms with E-state index in [2.05, 4.69) is 10.2 Å². The predicted molar refractivity (Wildman–Crippen MR) is 85.4 cm³/mol. The third kappa shape index (κ3) is 3.79. The van der Waals surface area contributed by atoms with Crippen LogP contribution in [0.25, 0.3) is 0 Å². The Bertz CT molecular complexity index is 484. The molecule has 1 aliphatic heterocycles. The van der Waals surface area contributed by atoms with Gasteiger partial charge in [0.25, 0.3) is 0 Å². The minimum Gasteiger partial charge on any atom is -0.492 e. The van der Waals surface area contributed by atoms with Crippen LogP contribution in [0.2, 0.25) is 0 Å². The summed E-state index contributed by atoms with van der Waals surface area (Å²) in [6.45, 7) is 4.11. The van der Waals surface area contributed by atoms with Gasteiger partial charge in [0.05, 0.1) is 14.2 Å². The Hall–Kier alpha value is -1.47. The lowest BCUT2D eigenvalue weighted by molar-refractivity contribution is 0.0607. The fourth-order valence-electron chi connectivity index (χ4n) is 2.50. The van der Waals surface area contributed by atoms with Gasteiger partial charge in [-0.2, -0.15) is 0 Å². The summed E-state index contributed by atoms with van der Waals surface area (Å²) in [5.74, 6) is 0.0962. The van der Waals surface area contributed by atoms with Gasteiger partial charge in [-0.05, 0) is 25.9 Å². The fourth-order valence-corrected chi connectivity index (χ4v) is 3.54. The van der Waals surface area contributed by atoms with Gasteiger partial charge in [-0.15, -0.1) is 11.3 Å². The molecule has 1 aromatic rings. The number of nitrogens with one attached hydrogen (secondary N) is 1. The van der Waals surface area contributed by atoms with Crippen LogP contribution in [0.4, 0.5) is 10.7 Å². The normalized spacial score (nSPS) is 15.7. The second-order valence-corrected chi connectivity index (χ2v) is 6.05. The van der Waals surface area contributed by atoms with E-state index in [1.807, 2.05) is 0 Å². The van der Waals surface area contributed by atoms with Crippen LogP contribution < -0.4 is 15.8 Å². The maximum absolute atomic E-state index is 11.7. The molecule has 0 unspecified atom stereocenters. The first kappa shape index (κ1) is 15.9. The van der Waals surface area contributed by atoms with Crippen molar-refractivity contribution in [2.24, 2.45) is 0 Å². The number of ether oxygens (including phenoxy) is 2. The second-order valence-electron chi connectivity index (χ2n) is 5.03. The molecule has 1 saturated heterocycles. The first-order chi connectivity index (χ1) is 10.2. The molecular formula is C14H23N3O3S. The molecule has 0 saturated carbocycles. The van der Waals surface area contributed by atoms with Crippen molar-refractivity contribution in [1.29, 1.82) is 0 Å². The third-order valence-corrected chi connectivity index (χ3v) is 4.76. The Kier molecular flexibility index (Phi) is 5.69. The van der Waals surface area contributed by atoms with E-state index in [4.69, 9.17) is 15.2 Å². The number of nitrogens with zero attached hydrogens (tertiary/aromatic N) is 1. The molecule has 7 heteroatoms. The Balaban J connectivity index is 1.97. The van der Waals surface area contributed by atoms with Crippen molar-refractivity contribution in [2.45, 2.75) is 19.3 Å². The summed E-state index contributed by atoms with van der Waals surface area (Å²) >= 11 is 1.28. The van der Waals surface area contributed by atoms with E-state index in [9.17, 15) is 4.79 Å². The molecule has 118 valence electrons. The van der Waals surface area contributed by atoms with Crippen molar-refractivity contribution in [3.05, 3.63) is 4.88 Å². The van der Waals surface area contributed by atoms with E-state index in [0.29, 0.717) is 16.3 Å². The number of anilines is 2. The second kappa shape index (κ2) is 7.51. The Morgan fingerprint density at radius 2 is 2.05 bits per heavy atom. The SMILES string of the molecule is COC(=O)c1sc(NCCN2CCCCC2)c(OC)c1N. The van der Waals surface area contributed by atoms with E-state index >= 15 is 0 Å². The number of nitrogen functional groups attached to an aromatic ring is 1. The van der Waals surface area contributed by atoms with Gasteiger partial charge in [0.2, 0.25) is 0 Å². The minimum absolute atomic E-state index is 0.342. The number of likely N-dealkylation sites (tertiary alicyclic amines) is 1. The maximum atomic E-state index is 11.7. The largest absolute Gasteiger partial charge is 0.492 e. The number of nitrogens with two attached hydrogens (primary N) is 1. The predicted octanol–water partition coefficient (Wildman–Crippen LogP) is 2.02. The highest BCUT2D eigenvalue weighted by molar-refractivity contribution is 7.19. The van der Waals surface area contributed by atoms with Crippen molar-refractivity contribution in [1.82, 2.24) is 4.90 Å². The third-order valence-electron chi connectivity index (χ3n) is 3.64. The Labute approximate surface area is 129 Å². The van der Waals surface area contributed by atoms with Gasteiger partial charge >= 0.3 is 5.97 Å². The highest BCUT2D eigenvalue weighted by Crippen LogP contribution is 2.42. The zero-order chi connectivity index (χ0) is 15.2. The number of rotatable bonds is 6. The van der Waals surface area contributed by atoms with Crippen LogP contribution in [0, 0.1) is 0 Å². The van der Waals surface area contributed by atoms with Gasteiger partial charge in [-0.3, -0.25) is 0 Å². The van der Waals surface area contributed by atoms with Crippen molar-refractivity contribution in [3.8, 4) is 5.75 Å². The standard InChI is InChI=1S/C14H23N3O3S/c1-19-11-10(15)12(14(18)20-2)21-13(11)16-6-9-17-7-4-3-5-8-17/h16H,3-9,15H2,1-2H3. The molecule has 0 amide bonds. The summed E-state index contributed by atoms with van der Waals surface area (Å²) < 4.78 is 10.0. The minimum atomic E-state index is -0.431. The van der Waals surface area contributed by atoms with Crippen molar-refractivity contribution in [2.75, 3.05) is 51.4 Å². The molecule has 1 fully saturated rings. The molecule has 0 atom stereocenters. The lowest BCUT2D eigenvalue weighted by Gasteiger charge is -2.26. The summed E-state index contributed by atoms with van der Waals surface area (Å²) in [5, 5.41) is 4.10. The first-order valence-electron chi connectivity index (χ1n) is 7.18. The van der Waals surface area contributed by atoms with Gasteiger partial charge < -0.3 is 25.4 Å². The summed E-state index contributed by atoms with van der Waals surface area (Å²) in [5.41, 5.74) is 6.28. The van der Waals surface area contributed by atoms with Crippen molar-refractivity contribution in [3.63, 3.8) is 0 Å². The molecule has 21 heavy (non-hydrogen) atoms. The van der Waals surface area contributed by atoms with Gasteiger partial charge in [0.15, 0.2) is 5.75 Å². The number of esters is 1. The van der Waals surface area contributed by atoms with E-state index in [0.717, 1.165) is 18.1 Å². The molecule has 1 aliphatic rings. The highest BCUT2D eigenvalue weighted by Gasteiger charge is 2.22. The quantitative estimate of drug-likeness (QED) is 0.783. The molecular weight excluding hydrogens is 290 g/mol. The lowest BCUT2D eigenvalue weighted by Crippen LogP contribution is -2.33. The molecule has 6 nitrogen and oxygen atoms in total. The topological polar surface area (TPSA) is 76.8 Å². The number of hydrogen-bond donors (Lipinski definition) is 2. The van der Waals surface area contributed by atoms with Crippen LogP contribution in [0.5, 0.6) is 5.75 Å². The van der Waals surface area contributed by atoms with Gasteiger partial charge in [0.1, 0.15) is 15.6 Å². The molecule has 0 aromatic carbocycles. The maximum Gasteiger partial charge on any atom is 0.350 e. The number of carbonyl (C=O) groups excluding carboxylic acids is 1. The average Bonchev–Trinajstić information content (AvgIpc) is 2.83. The van der Waals surface area contributed by atoms with Crippen LogP contribution in [0.15, 0.2) is 0 Å². The molecule has 0 spiro atoms. The Morgan fingerprint density at radius 3 is 2.67 bits per heavy atom. The van der Waals surface area contributed by atoms with E-state index < -0.39 is 5.97 Å². The Morgan fingerprint density at radius 1 is 1.33 bits per heavy atom. The van der Waals surface area contributed by atoms with Crippen LogP contribution in [0.3, 0.4) is 0 Å². The zero-order valence-corrected chi connectivity index (χ0v) is 13.4. The molecule has 2 heterocycles. The fraction of sp³-hybridized carbons (Fsp3) is 0.643.